The normalized spacial score (nSPS) is 16.0. The number of ether oxygens (including phenoxy) is 1. The Labute approximate surface area is 298 Å². The Morgan fingerprint density at radius 2 is 1.76 bits per heavy atom. The van der Waals surface area contributed by atoms with Gasteiger partial charge in [-0.3, -0.25) is 4.79 Å². The molecule has 1 aromatic heterocycles. The molecule has 50 heavy (non-hydrogen) atoms. The molecule has 2 aromatic carbocycles. The molecule has 0 bridgehead atoms. The van der Waals surface area contributed by atoms with Crippen molar-refractivity contribution in [1.82, 2.24) is 24.4 Å². The number of sulfonamides is 1. The summed E-state index contributed by atoms with van der Waals surface area (Å²) in [6.45, 7) is 9.98. The summed E-state index contributed by atoms with van der Waals surface area (Å²) in [6.07, 6.45) is -1.05. The first kappa shape index (κ1) is 38.7. The predicted molar refractivity (Wildman–Crippen MR) is 192 cm³/mol. The van der Waals surface area contributed by atoms with Crippen LogP contribution in [-0.4, -0.2) is 107 Å². The predicted octanol–water partition coefficient (Wildman–Crippen LogP) is 4.05. The number of oxime groups is 1. The summed E-state index contributed by atoms with van der Waals surface area (Å²) in [5.74, 6) is -0.232. The molecule has 0 unspecified atom stereocenters. The third kappa shape index (κ3) is 9.59. The van der Waals surface area contributed by atoms with Crippen molar-refractivity contribution in [3.8, 4) is 5.75 Å². The first-order chi connectivity index (χ1) is 23.7. The number of aliphatic hydroxyl groups is 1. The lowest BCUT2D eigenvalue weighted by Gasteiger charge is -2.34. The van der Waals surface area contributed by atoms with Crippen LogP contribution in [0.5, 0.6) is 5.75 Å². The number of methoxy groups -OCH3 is 1. The van der Waals surface area contributed by atoms with E-state index < -0.39 is 34.1 Å². The van der Waals surface area contributed by atoms with E-state index in [2.05, 4.69) is 15.5 Å². The summed E-state index contributed by atoms with van der Waals surface area (Å²) in [4.78, 5) is 35.5. The first-order valence-corrected chi connectivity index (χ1v) is 18.9. The molecule has 1 aliphatic heterocycles. The molecule has 1 fully saturated rings. The van der Waals surface area contributed by atoms with Gasteiger partial charge in [0.1, 0.15) is 22.5 Å². The number of aliphatic hydroxyl groups excluding tert-OH is 1. The Kier molecular flexibility index (Phi) is 13.4. The molecule has 3 N–H and O–H groups in total. The van der Waals surface area contributed by atoms with Crippen LogP contribution >= 0.6 is 11.3 Å². The second kappa shape index (κ2) is 17.2. The fourth-order valence-corrected chi connectivity index (χ4v) is 8.30. The Morgan fingerprint density at radius 1 is 1.08 bits per heavy atom. The standard InChI is InChI=1S/C35H48N6O7S2/c1-23(2)19-40(50(46,47)29-14-12-28(48-6)13-15-29)21-31(42)30(18-26-10-8-7-9-11-26)37-33(43)32(24(3)4)41-17-16-39(35(41)44)20-27-22-49-34(36-27)25(5)38-45/h7-15,22-24,30-32,42,45H,16-21H2,1-6H3,(H,37,43)/t30-,31+,32-/m0/s1. The van der Waals surface area contributed by atoms with Gasteiger partial charge >= 0.3 is 6.03 Å². The monoisotopic (exact) mass is 728 g/mol. The minimum atomic E-state index is -4.01. The van der Waals surface area contributed by atoms with E-state index in [0.29, 0.717) is 35.3 Å². The number of amides is 3. The molecule has 13 nitrogen and oxygen atoms in total. The van der Waals surface area contributed by atoms with Crippen molar-refractivity contribution in [3.05, 3.63) is 76.2 Å². The fraction of sp³-hybridized carbons (Fsp3) is 0.486. The zero-order valence-corrected chi connectivity index (χ0v) is 31.0. The lowest BCUT2D eigenvalue weighted by Crippen LogP contribution is -2.57. The molecule has 272 valence electrons. The first-order valence-electron chi connectivity index (χ1n) is 16.6. The number of urea groups is 1. The molecule has 3 aromatic rings. The van der Waals surface area contributed by atoms with Gasteiger partial charge in [0.05, 0.1) is 36.4 Å². The van der Waals surface area contributed by atoms with Crippen LogP contribution in [0.4, 0.5) is 4.79 Å². The third-order valence-electron chi connectivity index (χ3n) is 8.47. The van der Waals surface area contributed by atoms with Gasteiger partial charge in [0.2, 0.25) is 15.9 Å². The van der Waals surface area contributed by atoms with Gasteiger partial charge in [-0.25, -0.2) is 18.2 Å². The van der Waals surface area contributed by atoms with Crippen LogP contribution in [-0.2, 0) is 27.8 Å². The highest BCUT2D eigenvalue weighted by molar-refractivity contribution is 7.89. The van der Waals surface area contributed by atoms with Gasteiger partial charge in [-0.1, -0.05) is 63.2 Å². The van der Waals surface area contributed by atoms with Crippen LogP contribution in [0.1, 0.15) is 50.9 Å². The van der Waals surface area contributed by atoms with Crippen LogP contribution in [0.2, 0.25) is 0 Å². The van der Waals surface area contributed by atoms with Crippen molar-refractivity contribution in [2.75, 3.05) is 33.3 Å². The van der Waals surface area contributed by atoms with Crippen molar-refractivity contribution in [2.45, 2.75) is 70.7 Å². The van der Waals surface area contributed by atoms with E-state index in [4.69, 9.17) is 9.94 Å². The summed E-state index contributed by atoms with van der Waals surface area (Å²) in [6, 6.07) is 13.4. The quantitative estimate of drug-likeness (QED) is 0.107. The summed E-state index contributed by atoms with van der Waals surface area (Å²) >= 11 is 1.32. The van der Waals surface area contributed by atoms with Crippen molar-refractivity contribution in [2.24, 2.45) is 17.0 Å². The Morgan fingerprint density at radius 3 is 2.36 bits per heavy atom. The molecule has 4 rings (SSSR count). The van der Waals surface area contributed by atoms with Gasteiger partial charge in [0, 0.05) is 31.6 Å². The number of hydrogen-bond donors (Lipinski definition) is 3. The van der Waals surface area contributed by atoms with Gasteiger partial charge in [0.15, 0.2) is 0 Å². The zero-order chi connectivity index (χ0) is 36.6. The minimum absolute atomic E-state index is 0.0467. The summed E-state index contributed by atoms with van der Waals surface area (Å²) in [5, 5.41) is 29.4. The van der Waals surface area contributed by atoms with Crippen LogP contribution in [0.3, 0.4) is 0 Å². The summed E-state index contributed by atoms with van der Waals surface area (Å²) in [7, 11) is -2.51. The smallest absolute Gasteiger partial charge is 0.321 e. The number of thiazole rings is 1. The second-order valence-corrected chi connectivity index (χ2v) is 16.0. The zero-order valence-electron chi connectivity index (χ0n) is 29.4. The number of nitrogens with one attached hydrogen (secondary N) is 1. The molecule has 1 saturated heterocycles. The minimum Gasteiger partial charge on any atom is -0.497 e. The average Bonchev–Trinajstić information content (AvgIpc) is 3.70. The van der Waals surface area contributed by atoms with Gasteiger partial charge in [-0.15, -0.1) is 11.3 Å². The SMILES string of the molecule is COc1ccc(S(=O)(=O)N(CC(C)C)C[C@@H](O)[C@H](Cc2ccccc2)NC(=O)[C@H](C(C)C)N2CCN(Cc3csc(C(C)=NO)n3)C2=O)cc1. The van der Waals surface area contributed by atoms with Gasteiger partial charge in [-0.05, 0) is 55.0 Å². The lowest BCUT2D eigenvalue weighted by molar-refractivity contribution is -0.128. The molecule has 1 aliphatic rings. The maximum atomic E-state index is 14.1. The topological polar surface area (TPSA) is 165 Å². The maximum absolute atomic E-state index is 14.1. The average molecular weight is 729 g/mol. The molecular weight excluding hydrogens is 681 g/mol. The highest BCUT2D eigenvalue weighted by Gasteiger charge is 2.40. The number of rotatable bonds is 17. The van der Waals surface area contributed by atoms with Crippen LogP contribution in [0, 0.1) is 11.8 Å². The number of nitrogens with zero attached hydrogens (tertiary/aromatic N) is 5. The molecule has 0 saturated carbocycles. The van der Waals surface area contributed by atoms with E-state index in [-0.39, 0.29) is 48.8 Å². The Balaban J connectivity index is 1.55. The van der Waals surface area contributed by atoms with Crippen molar-refractivity contribution < 1.29 is 33.1 Å². The summed E-state index contributed by atoms with van der Waals surface area (Å²) < 4.78 is 34.1. The fourth-order valence-electron chi connectivity index (χ4n) is 5.92. The molecule has 0 aliphatic carbocycles. The van der Waals surface area contributed by atoms with E-state index in [1.807, 2.05) is 58.0 Å². The van der Waals surface area contributed by atoms with Crippen molar-refractivity contribution in [1.29, 1.82) is 0 Å². The Hall–Kier alpha value is -4.05. The number of carbonyl (C=O) groups excluding carboxylic acids is 2. The van der Waals surface area contributed by atoms with E-state index in [0.717, 1.165) is 5.56 Å². The number of aromatic nitrogens is 1. The molecule has 15 heteroatoms. The van der Waals surface area contributed by atoms with Crippen LogP contribution < -0.4 is 10.1 Å². The summed E-state index contributed by atoms with van der Waals surface area (Å²) in [5.41, 5.74) is 1.87. The molecule has 3 atom stereocenters. The maximum Gasteiger partial charge on any atom is 0.321 e. The lowest BCUT2D eigenvalue weighted by atomic mass is 9.97. The number of hydrogen-bond acceptors (Lipinski definition) is 10. The highest BCUT2D eigenvalue weighted by Crippen LogP contribution is 2.24. The third-order valence-corrected chi connectivity index (χ3v) is 11.3. The molecule has 0 radical (unpaired) electrons. The van der Waals surface area contributed by atoms with Crippen LogP contribution in [0.15, 0.2) is 70.0 Å². The van der Waals surface area contributed by atoms with Crippen LogP contribution in [0.25, 0.3) is 0 Å². The van der Waals surface area contributed by atoms with E-state index in [1.165, 1.54) is 34.9 Å². The van der Waals surface area contributed by atoms with E-state index >= 15 is 0 Å². The molecule has 0 spiro atoms. The van der Waals surface area contributed by atoms with E-state index in [9.17, 15) is 23.1 Å². The number of carbonyl (C=O) groups is 2. The second-order valence-electron chi connectivity index (χ2n) is 13.2. The Bertz CT molecular complexity index is 1710. The van der Waals surface area contributed by atoms with Crippen molar-refractivity contribution >= 4 is 39.0 Å². The van der Waals surface area contributed by atoms with E-state index in [1.54, 1.807) is 34.2 Å². The largest absolute Gasteiger partial charge is 0.497 e. The van der Waals surface area contributed by atoms with Gasteiger partial charge in [0.25, 0.3) is 0 Å². The molecule has 2 heterocycles. The molecular formula is C35H48N6O7S2. The van der Waals surface area contributed by atoms with Gasteiger partial charge < -0.3 is 30.2 Å². The van der Waals surface area contributed by atoms with Crippen molar-refractivity contribution in [3.63, 3.8) is 0 Å². The molecule has 3 amide bonds. The number of benzene rings is 2. The highest BCUT2D eigenvalue weighted by atomic mass is 32.2. The van der Waals surface area contributed by atoms with Gasteiger partial charge in [-0.2, -0.15) is 4.31 Å².